The van der Waals surface area contributed by atoms with E-state index in [1.807, 2.05) is 30.0 Å². The predicted octanol–water partition coefficient (Wildman–Crippen LogP) is 5.47. The molecule has 1 heterocycles. The molecule has 1 aromatic heterocycles. The van der Waals surface area contributed by atoms with E-state index in [1.165, 1.54) is 17.2 Å². The van der Waals surface area contributed by atoms with Crippen LogP contribution < -0.4 is 15.5 Å². The summed E-state index contributed by atoms with van der Waals surface area (Å²) in [6.07, 6.45) is -0.835. The van der Waals surface area contributed by atoms with Crippen molar-refractivity contribution in [1.29, 1.82) is 0 Å². The van der Waals surface area contributed by atoms with E-state index in [4.69, 9.17) is 17.3 Å². The first-order chi connectivity index (χ1) is 16.1. The van der Waals surface area contributed by atoms with Crippen LogP contribution in [0.1, 0.15) is 35.3 Å². The van der Waals surface area contributed by atoms with E-state index < -0.39 is 17.6 Å². The Hall–Kier alpha value is -3.33. The molecule has 0 spiro atoms. The number of benzene rings is 2. The number of carbonyl (C=O) groups is 1. The van der Waals surface area contributed by atoms with E-state index in [0.29, 0.717) is 36.2 Å². The van der Waals surface area contributed by atoms with Crippen LogP contribution in [0.4, 0.5) is 30.4 Å². The number of rotatable bonds is 8. The van der Waals surface area contributed by atoms with Crippen LogP contribution in [0, 0.1) is 0 Å². The molecule has 0 aliphatic carbocycles. The monoisotopic (exact) mass is 491 g/mol. The topological polar surface area (TPSA) is 75.3 Å². The molecule has 0 fully saturated rings. The lowest BCUT2D eigenvalue weighted by atomic mass is 10.1. The molecule has 0 saturated heterocycles. The molecular weight excluding hydrogens is 467 g/mol. The molecule has 180 valence electrons. The van der Waals surface area contributed by atoms with Crippen LogP contribution >= 0.6 is 11.6 Å². The molecule has 10 heteroatoms. The molecule has 34 heavy (non-hydrogen) atoms. The Morgan fingerprint density at radius 1 is 1.09 bits per heavy atom. The third-order valence-electron chi connectivity index (χ3n) is 5.28. The largest absolute Gasteiger partial charge is 0.416 e. The van der Waals surface area contributed by atoms with Gasteiger partial charge in [-0.2, -0.15) is 13.2 Å². The van der Waals surface area contributed by atoms with Crippen LogP contribution in [0.25, 0.3) is 0 Å². The fraction of sp³-hybridized carbons (Fsp3) is 0.292. The van der Waals surface area contributed by atoms with Crippen molar-refractivity contribution in [2.75, 3.05) is 35.2 Å². The number of alkyl halides is 3. The zero-order chi connectivity index (χ0) is 24.9. The zero-order valence-electron chi connectivity index (χ0n) is 18.8. The van der Waals surface area contributed by atoms with Crippen LogP contribution in [0.2, 0.25) is 5.15 Å². The van der Waals surface area contributed by atoms with Crippen LogP contribution in [0.15, 0.2) is 54.9 Å². The summed E-state index contributed by atoms with van der Waals surface area (Å²) in [5.41, 5.74) is 6.00. The maximum atomic E-state index is 13.2. The van der Waals surface area contributed by atoms with Gasteiger partial charge in [0, 0.05) is 36.6 Å². The zero-order valence-corrected chi connectivity index (χ0v) is 19.6. The van der Waals surface area contributed by atoms with Gasteiger partial charge in [-0.05, 0) is 56.2 Å². The Labute approximate surface area is 201 Å². The van der Waals surface area contributed by atoms with Crippen molar-refractivity contribution in [3.05, 3.63) is 76.7 Å². The summed E-state index contributed by atoms with van der Waals surface area (Å²) >= 11 is 5.95. The van der Waals surface area contributed by atoms with Gasteiger partial charge in [0.15, 0.2) is 0 Å². The van der Waals surface area contributed by atoms with E-state index in [1.54, 1.807) is 19.2 Å². The maximum absolute atomic E-state index is 13.2. The van der Waals surface area contributed by atoms with Gasteiger partial charge in [0.25, 0.3) is 5.91 Å². The van der Waals surface area contributed by atoms with Crippen molar-refractivity contribution in [3.8, 4) is 0 Å². The van der Waals surface area contributed by atoms with Crippen molar-refractivity contribution in [2.45, 2.75) is 26.4 Å². The highest BCUT2D eigenvalue weighted by atomic mass is 35.5. The van der Waals surface area contributed by atoms with Crippen LogP contribution in [0.5, 0.6) is 0 Å². The lowest BCUT2D eigenvalue weighted by Gasteiger charge is -2.24. The molecule has 6 nitrogen and oxygen atoms in total. The first-order valence-corrected chi connectivity index (χ1v) is 11.1. The molecular formula is C24H25ClF3N5O. The van der Waals surface area contributed by atoms with Crippen molar-refractivity contribution in [2.24, 2.45) is 0 Å². The van der Waals surface area contributed by atoms with Gasteiger partial charge in [-0.3, -0.25) is 9.78 Å². The lowest BCUT2D eigenvalue weighted by Crippen LogP contribution is -2.31. The molecule has 0 radical (unpaired) electrons. The number of hydrogen-bond acceptors (Lipinski definition) is 5. The van der Waals surface area contributed by atoms with Crippen LogP contribution in [-0.2, 0) is 12.6 Å². The number of nitrogens with zero attached hydrogens (tertiary/aromatic N) is 4. The molecule has 2 N–H and O–H groups in total. The molecule has 0 bridgehead atoms. The molecule has 0 aliphatic rings. The second-order valence-electron chi connectivity index (χ2n) is 7.59. The minimum atomic E-state index is -4.60. The number of likely N-dealkylation sites (N-methyl/N-ethyl adjacent to an activating group) is 1. The quantitative estimate of drug-likeness (QED) is 0.423. The average molecular weight is 492 g/mol. The third-order valence-corrected chi connectivity index (χ3v) is 5.46. The predicted molar refractivity (Wildman–Crippen MR) is 128 cm³/mol. The summed E-state index contributed by atoms with van der Waals surface area (Å²) in [6, 6.07) is 10.3. The number of amides is 1. The minimum absolute atomic E-state index is 0.115. The minimum Gasteiger partial charge on any atom is -0.399 e. The van der Waals surface area contributed by atoms with Crippen molar-refractivity contribution in [3.63, 3.8) is 0 Å². The molecule has 2 aromatic carbocycles. The number of aromatic nitrogens is 2. The summed E-state index contributed by atoms with van der Waals surface area (Å²) in [7, 11) is 0. The first-order valence-electron chi connectivity index (χ1n) is 10.7. The summed E-state index contributed by atoms with van der Waals surface area (Å²) in [4.78, 5) is 24.9. The van der Waals surface area contributed by atoms with Gasteiger partial charge in [-0.25, -0.2) is 4.98 Å². The first kappa shape index (κ1) is 25.3. The Bertz CT molecular complexity index is 1160. The second-order valence-corrected chi connectivity index (χ2v) is 7.98. The fourth-order valence-electron chi connectivity index (χ4n) is 3.60. The summed E-state index contributed by atoms with van der Waals surface area (Å²) in [5.74, 6) is 0.112. The number of nitrogens with two attached hydrogens (primary N) is 1. The number of carbonyl (C=O) groups excluding carboxylic acids is 1. The fourth-order valence-corrected chi connectivity index (χ4v) is 3.74. The van der Waals surface area contributed by atoms with Crippen LogP contribution in [0.3, 0.4) is 0 Å². The van der Waals surface area contributed by atoms with Crippen molar-refractivity contribution in [1.82, 2.24) is 9.97 Å². The highest BCUT2D eigenvalue weighted by Gasteiger charge is 2.32. The van der Waals surface area contributed by atoms with Crippen molar-refractivity contribution >= 4 is 34.7 Å². The number of hydrogen-bond donors (Lipinski definition) is 1. The van der Waals surface area contributed by atoms with Crippen LogP contribution in [-0.4, -0.2) is 35.5 Å². The van der Waals surface area contributed by atoms with Gasteiger partial charge < -0.3 is 15.5 Å². The molecule has 1 amide bonds. The SMILES string of the molecule is CCN(CCc1cccc(N(CC)C(=O)c2cc(N)cc(C(F)(F)F)c2)c1)c1cncc(Cl)n1. The highest BCUT2D eigenvalue weighted by Crippen LogP contribution is 2.32. The van der Waals surface area contributed by atoms with E-state index in [0.717, 1.165) is 17.7 Å². The average Bonchev–Trinajstić information content (AvgIpc) is 2.79. The van der Waals surface area contributed by atoms with E-state index in [-0.39, 0.29) is 17.8 Å². The maximum Gasteiger partial charge on any atom is 0.416 e. The highest BCUT2D eigenvalue weighted by molar-refractivity contribution is 6.29. The Balaban J connectivity index is 1.80. The summed E-state index contributed by atoms with van der Waals surface area (Å²) < 4.78 is 39.6. The Kier molecular flexibility index (Phi) is 7.98. The molecule has 0 atom stereocenters. The lowest BCUT2D eigenvalue weighted by molar-refractivity contribution is -0.137. The standard InChI is InChI=1S/C24H25ClF3N5O/c1-3-32(22-15-30-14-21(25)31-22)9-8-16-6-5-7-20(10-16)33(4-2)23(34)17-11-18(24(26,27)28)13-19(29)12-17/h5-7,10-15H,3-4,8-9,29H2,1-2H3. The van der Waals surface area contributed by atoms with Gasteiger partial charge in [-0.1, -0.05) is 23.7 Å². The van der Waals surface area contributed by atoms with Gasteiger partial charge in [0.2, 0.25) is 0 Å². The van der Waals surface area contributed by atoms with Gasteiger partial charge in [0.1, 0.15) is 11.0 Å². The second kappa shape index (κ2) is 10.7. The summed E-state index contributed by atoms with van der Waals surface area (Å²) in [5, 5.41) is 0.310. The van der Waals surface area contributed by atoms with E-state index in [2.05, 4.69) is 9.97 Å². The van der Waals surface area contributed by atoms with Gasteiger partial charge >= 0.3 is 6.18 Å². The molecule has 0 aliphatic heterocycles. The number of anilines is 3. The number of nitrogen functional groups attached to an aromatic ring is 1. The smallest absolute Gasteiger partial charge is 0.399 e. The van der Waals surface area contributed by atoms with Crippen molar-refractivity contribution < 1.29 is 18.0 Å². The molecule has 3 aromatic rings. The van der Waals surface area contributed by atoms with Gasteiger partial charge in [0.05, 0.1) is 18.0 Å². The molecule has 0 saturated carbocycles. The van der Waals surface area contributed by atoms with Gasteiger partial charge in [-0.15, -0.1) is 0 Å². The van der Waals surface area contributed by atoms with E-state index in [9.17, 15) is 18.0 Å². The molecule has 3 rings (SSSR count). The third kappa shape index (κ3) is 6.17. The Morgan fingerprint density at radius 2 is 1.85 bits per heavy atom. The molecule has 0 unspecified atom stereocenters. The number of halogens is 4. The summed E-state index contributed by atoms with van der Waals surface area (Å²) in [6.45, 7) is 5.37. The Morgan fingerprint density at radius 3 is 2.50 bits per heavy atom. The van der Waals surface area contributed by atoms with E-state index >= 15 is 0 Å². The normalized spacial score (nSPS) is 11.4.